The van der Waals surface area contributed by atoms with Crippen LogP contribution >= 0.6 is 0 Å². The number of isocyanates is 2. The summed E-state index contributed by atoms with van der Waals surface area (Å²) >= 11 is 0. The summed E-state index contributed by atoms with van der Waals surface area (Å²) in [7, 11) is 0. The van der Waals surface area contributed by atoms with Crippen LogP contribution in [-0.4, -0.2) is 24.7 Å². The topological polar surface area (TPSA) is 58.9 Å². The second-order valence-corrected chi connectivity index (χ2v) is 4.65. The van der Waals surface area contributed by atoms with Crippen molar-refractivity contribution in [3.8, 4) is 0 Å². The maximum atomic E-state index is 10.4. The second kappa shape index (κ2) is 8.86. The second-order valence-electron chi connectivity index (χ2n) is 4.65. The van der Waals surface area contributed by atoms with Crippen LogP contribution in [0.1, 0.15) is 51.4 Å². The molecule has 0 aliphatic heterocycles. The smallest absolute Gasteiger partial charge is 0.211 e. The molecule has 1 aliphatic carbocycles. The average molecular weight is 236 g/mol. The first kappa shape index (κ1) is 13.8. The lowest BCUT2D eigenvalue weighted by Crippen LogP contribution is -2.21. The molecule has 1 unspecified atom stereocenters. The van der Waals surface area contributed by atoms with E-state index < -0.39 is 0 Å². The predicted molar refractivity (Wildman–Crippen MR) is 65.3 cm³/mol. The van der Waals surface area contributed by atoms with E-state index in [4.69, 9.17) is 0 Å². The Kier molecular flexibility index (Phi) is 7.20. The molecule has 0 heterocycles. The molecule has 1 saturated carbocycles. The quantitative estimate of drug-likeness (QED) is 0.387. The summed E-state index contributed by atoms with van der Waals surface area (Å²) in [6.07, 6.45) is 12.2. The fourth-order valence-corrected chi connectivity index (χ4v) is 2.58. The molecule has 94 valence electrons. The number of hydrogen-bond acceptors (Lipinski definition) is 4. The molecule has 4 heteroatoms. The fraction of sp³-hybridized carbons (Fsp3) is 0.846. The fourth-order valence-electron chi connectivity index (χ4n) is 2.58. The van der Waals surface area contributed by atoms with Gasteiger partial charge in [0.2, 0.25) is 12.2 Å². The molecule has 0 aromatic heterocycles. The van der Waals surface area contributed by atoms with Crippen molar-refractivity contribution < 1.29 is 9.59 Å². The van der Waals surface area contributed by atoms with E-state index in [1.54, 1.807) is 6.08 Å². The van der Waals surface area contributed by atoms with Crippen LogP contribution in [0.25, 0.3) is 0 Å². The average Bonchev–Trinajstić information content (AvgIpc) is 2.38. The number of rotatable bonds is 7. The maximum absolute atomic E-state index is 10.4. The molecule has 0 amide bonds. The number of nitrogens with zero attached hydrogens (tertiary/aromatic N) is 2. The van der Waals surface area contributed by atoms with Crippen LogP contribution in [0, 0.1) is 5.92 Å². The van der Waals surface area contributed by atoms with Gasteiger partial charge in [0.15, 0.2) is 0 Å². The minimum atomic E-state index is 0.132. The van der Waals surface area contributed by atoms with E-state index in [-0.39, 0.29) is 6.04 Å². The number of carbonyl (C=O) groups excluding carboxylic acids is 2. The molecule has 0 spiro atoms. The van der Waals surface area contributed by atoms with Gasteiger partial charge in [0.1, 0.15) is 0 Å². The molecule has 0 aromatic carbocycles. The van der Waals surface area contributed by atoms with E-state index in [1.807, 2.05) is 0 Å². The molecule has 1 fully saturated rings. The van der Waals surface area contributed by atoms with Crippen molar-refractivity contribution in [2.75, 3.05) is 6.54 Å². The minimum absolute atomic E-state index is 0.132. The lowest BCUT2D eigenvalue weighted by Gasteiger charge is -2.26. The zero-order chi connectivity index (χ0) is 12.3. The van der Waals surface area contributed by atoms with E-state index in [1.165, 1.54) is 38.2 Å². The largest absolute Gasteiger partial charge is 0.235 e. The van der Waals surface area contributed by atoms with Crippen molar-refractivity contribution in [1.82, 2.24) is 0 Å². The van der Waals surface area contributed by atoms with E-state index >= 15 is 0 Å². The van der Waals surface area contributed by atoms with Gasteiger partial charge in [-0.1, -0.05) is 19.3 Å². The van der Waals surface area contributed by atoms with Gasteiger partial charge in [-0.3, -0.25) is 0 Å². The van der Waals surface area contributed by atoms with Gasteiger partial charge in [-0.25, -0.2) is 19.6 Å². The van der Waals surface area contributed by atoms with E-state index in [9.17, 15) is 9.59 Å². The lowest BCUT2D eigenvalue weighted by atomic mass is 9.82. The monoisotopic (exact) mass is 236 g/mol. The first-order chi connectivity index (χ1) is 8.38. The third-order valence-electron chi connectivity index (χ3n) is 3.50. The van der Waals surface area contributed by atoms with Gasteiger partial charge < -0.3 is 0 Å². The molecule has 0 saturated heterocycles. The highest BCUT2D eigenvalue weighted by atomic mass is 16.1. The van der Waals surface area contributed by atoms with Gasteiger partial charge in [0.05, 0.1) is 12.6 Å². The summed E-state index contributed by atoms with van der Waals surface area (Å²) < 4.78 is 0. The van der Waals surface area contributed by atoms with Crippen molar-refractivity contribution in [1.29, 1.82) is 0 Å². The molecule has 4 nitrogen and oxygen atoms in total. The Balaban J connectivity index is 2.31. The minimum Gasteiger partial charge on any atom is -0.211 e. The highest BCUT2D eigenvalue weighted by molar-refractivity contribution is 5.33. The molecule has 17 heavy (non-hydrogen) atoms. The maximum Gasteiger partial charge on any atom is 0.235 e. The van der Waals surface area contributed by atoms with Crippen LogP contribution in [0.5, 0.6) is 0 Å². The number of hydrogen-bond donors (Lipinski definition) is 0. The van der Waals surface area contributed by atoms with Crippen LogP contribution < -0.4 is 0 Å². The summed E-state index contributed by atoms with van der Waals surface area (Å²) in [5.74, 6) is 0.555. The van der Waals surface area contributed by atoms with Crippen molar-refractivity contribution in [2.45, 2.75) is 57.4 Å². The Labute approximate surface area is 102 Å². The first-order valence-corrected chi connectivity index (χ1v) is 6.49. The lowest BCUT2D eigenvalue weighted by molar-refractivity contribution is 0.292. The SMILES string of the molecule is O=C=NCCCCC(N=C=O)C1CCCCC1. The Hall–Kier alpha value is -1.24. The van der Waals surface area contributed by atoms with Gasteiger partial charge >= 0.3 is 0 Å². The van der Waals surface area contributed by atoms with Crippen molar-refractivity contribution >= 4 is 12.2 Å². The van der Waals surface area contributed by atoms with Gasteiger partial charge in [0.25, 0.3) is 0 Å². The van der Waals surface area contributed by atoms with Gasteiger partial charge in [-0.05, 0) is 38.0 Å². The number of aliphatic imine (C=N–C) groups is 2. The molecule has 0 aromatic rings. The highest BCUT2D eigenvalue weighted by Gasteiger charge is 2.22. The summed E-state index contributed by atoms with van der Waals surface area (Å²) in [5.41, 5.74) is 0. The molecule has 1 rings (SSSR count). The van der Waals surface area contributed by atoms with Crippen LogP contribution in [0.4, 0.5) is 0 Å². The van der Waals surface area contributed by atoms with Crippen molar-refractivity contribution in [2.24, 2.45) is 15.9 Å². The molecular formula is C13H20N2O2. The Morgan fingerprint density at radius 1 is 1.06 bits per heavy atom. The molecule has 1 atom stereocenters. The Morgan fingerprint density at radius 3 is 2.47 bits per heavy atom. The summed E-state index contributed by atoms with van der Waals surface area (Å²) in [4.78, 5) is 27.8. The number of unbranched alkanes of at least 4 members (excludes halogenated alkanes) is 1. The van der Waals surface area contributed by atoms with Gasteiger partial charge in [0, 0.05) is 0 Å². The van der Waals surface area contributed by atoms with E-state index in [2.05, 4.69) is 9.98 Å². The van der Waals surface area contributed by atoms with Gasteiger partial charge in [-0.15, -0.1) is 0 Å². The standard InChI is InChI=1S/C13H20N2O2/c16-10-14-9-5-4-8-13(15-11-17)12-6-2-1-3-7-12/h12-13H,1-9H2. The Morgan fingerprint density at radius 2 is 1.82 bits per heavy atom. The summed E-state index contributed by atoms with van der Waals surface area (Å²) in [6.45, 7) is 0.533. The molecule has 1 aliphatic rings. The predicted octanol–water partition coefficient (Wildman–Crippen LogP) is 2.78. The van der Waals surface area contributed by atoms with Crippen LogP contribution in [-0.2, 0) is 9.59 Å². The zero-order valence-electron chi connectivity index (χ0n) is 10.2. The molecule has 0 N–H and O–H groups in total. The molecule has 0 radical (unpaired) electrons. The third-order valence-corrected chi connectivity index (χ3v) is 3.50. The molecule has 0 bridgehead atoms. The van der Waals surface area contributed by atoms with Crippen LogP contribution in [0.15, 0.2) is 9.98 Å². The van der Waals surface area contributed by atoms with Gasteiger partial charge in [-0.2, -0.15) is 0 Å². The third kappa shape index (κ3) is 5.58. The summed E-state index contributed by atoms with van der Waals surface area (Å²) in [6, 6.07) is 0.132. The van der Waals surface area contributed by atoms with Crippen molar-refractivity contribution in [3.63, 3.8) is 0 Å². The first-order valence-electron chi connectivity index (χ1n) is 6.49. The van der Waals surface area contributed by atoms with E-state index in [0.29, 0.717) is 12.5 Å². The normalized spacial score (nSPS) is 17.9. The van der Waals surface area contributed by atoms with Crippen LogP contribution in [0.3, 0.4) is 0 Å². The van der Waals surface area contributed by atoms with E-state index in [0.717, 1.165) is 19.3 Å². The van der Waals surface area contributed by atoms with Crippen LogP contribution in [0.2, 0.25) is 0 Å². The zero-order valence-corrected chi connectivity index (χ0v) is 10.2. The summed E-state index contributed by atoms with van der Waals surface area (Å²) in [5, 5.41) is 0. The molecular weight excluding hydrogens is 216 g/mol. The Bertz CT molecular complexity index is 299. The highest BCUT2D eigenvalue weighted by Crippen LogP contribution is 2.30. The van der Waals surface area contributed by atoms with Crippen molar-refractivity contribution in [3.05, 3.63) is 0 Å².